The Morgan fingerprint density at radius 2 is 1.87 bits per heavy atom. The van der Waals surface area contributed by atoms with Crippen LogP contribution in [0.4, 0.5) is 5.69 Å². The van der Waals surface area contributed by atoms with Crippen molar-refractivity contribution >= 4 is 11.6 Å². The second-order valence-electron chi connectivity index (χ2n) is 7.11. The number of nitrogens with one attached hydrogen (secondary N) is 1. The van der Waals surface area contributed by atoms with E-state index >= 15 is 0 Å². The summed E-state index contributed by atoms with van der Waals surface area (Å²) in [5, 5.41) is 7.60. The van der Waals surface area contributed by atoms with Crippen molar-refractivity contribution in [3.05, 3.63) is 59.4 Å². The lowest BCUT2D eigenvalue weighted by molar-refractivity contribution is -0.116. The summed E-state index contributed by atoms with van der Waals surface area (Å²) in [5.74, 6) is 1.95. The third-order valence-corrected chi connectivity index (χ3v) is 5.09. The lowest BCUT2D eigenvalue weighted by atomic mass is 10.1. The number of carbonyl (C=O) groups excluding carboxylic acids is 1. The van der Waals surface area contributed by atoms with E-state index in [1.54, 1.807) is 26.4 Å². The maximum absolute atomic E-state index is 12.6. The molecule has 0 saturated carbocycles. The zero-order valence-electron chi connectivity index (χ0n) is 18.7. The molecule has 2 aromatic carbocycles. The zero-order chi connectivity index (χ0) is 22.4. The normalized spacial score (nSPS) is 10.6. The van der Waals surface area contributed by atoms with Crippen molar-refractivity contribution in [2.75, 3.05) is 26.1 Å². The molecule has 0 radical (unpaired) electrons. The van der Waals surface area contributed by atoms with E-state index in [0.717, 1.165) is 28.4 Å². The van der Waals surface area contributed by atoms with Gasteiger partial charge in [0.25, 0.3) is 0 Å². The Morgan fingerprint density at radius 3 is 2.58 bits per heavy atom. The van der Waals surface area contributed by atoms with Crippen LogP contribution in [0.5, 0.6) is 17.2 Å². The number of hydrogen-bond acceptors (Lipinski definition) is 5. The molecule has 1 N–H and O–H groups in total. The second kappa shape index (κ2) is 10.0. The van der Waals surface area contributed by atoms with Crippen LogP contribution in [0, 0.1) is 13.8 Å². The molecule has 0 unspecified atom stereocenters. The third kappa shape index (κ3) is 5.17. The van der Waals surface area contributed by atoms with E-state index < -0.39 is 0 Å². The minimum Gasteiger partial charge on any atom is -0.497 e. The Balaban J connectivity index is 1.69. The van der Waals surface area contributed by atoms with E-state index in [2.05, 4.69) is 10.4 Å². The van der Waals surface area contributed by atoms with Gasteiger partial charge in [0.1, 0.15) is 5.75 Å². The van der Waals surface area contributed by atoms with Crippen LogP contribution in [0.15, 0.2) is 42.5 Å². The molecule has 7 heteroatoms. The lowest BCUT2D eigenvalue weighted by Crippen LogP contribution is -2.13. The highest BCUT2D eigenvalue weighted by Gasteiger charge is 2.15. The van der Waals surface area contributed by atoms with Crippen LogP contribution in [0.2, 0.25) is 0 Å². The van der Waals surface area contributed by atoms with E-state index in [1.807, 2.05) is 55.8 Å². The highest BCUT2D eigenvalue weighted by Crippen LogP contribution is 2.30. The van der Waals surface area contributed by atoms with E-state index in [9.17, 15) is 4.79 Å². The number of methoxy groups -OCH3 is 2. The molecule has 0 bridgehead atoms. The molecular formula is C24H29N3O4. The number of nitrogens with zero attached hydrogens (tertiary/aromatic N) is 2. The van der Waals surface area contributed by atoms with Gasteiger partial charge in [0, 0.05) is 29.9 Å². The predicted octanol–water partition coefficient (Wildman–Crippen LogP) is 4.48. The highest BCUT2D eigenvalue weighted by molar-refractivity contribution is 5.91. The van der Waals surface area contributed by atoms with E-state index in [0.29, 0.717) is 36.6 Å². The first-order valence-corrected chi connectivity index (χ1v) is 10.3. The van der Waals surface area contributed by atoms with Crippen molar-refractivity contribution in [1.29, 1.82) is 0 Å². The molecule has 164 valence electrons. The summed E-state index contributed by atoms with van der Waals surface area (Å²) in [6.07, 6.45) is 0.947. The molecule has 0 aliphatic heterocycles. The van der Waals surface area contributed by atoms with E-state index in [-0.39, 0.29) is 5.91 Å². The molecule has 0 fully saturated rings. The molecule has 0 aliphatic rings. The summed E-state index contributed by atoms with van der Waals surface area (Å²) in [4.78, 5) is 12.6. The summed E-state index contributed by atoms with van der Waals surface area (Å²) >= 11 is 0. The summed E-state index contributed by atoms with van der Waals surface area (Å²) < 4.78 is 18.1. The number of anilines is 1. The minimum atomic E-state index is -0.0702. The van der Waals surface area contributed by atoms with Gasteiger partial charge in [0.2, 0.25) is 5.91 Å². The van der Waals surface area contributed by atoms with Crippen LogP contribution in [0.1, 0.15) is 30.3 Å². The standard InChI is InChI=1S/C24H29N3O4/c1-6-31-22-12-10-18(14-23(22)30-5)25-24(28)13-11-21-16(2)26-27(17(21)3)19-8-7-9-20(15-19)29-4/h7-10,12,14-15H,6,11,13H2,1-5H3,(H,25,28). The van der Waals surface area contributed by atoms with Crippen LogP contribution in [0.3, 0.4) is 0 Å². The van der Waals surface area contributed by atoms with E-state index in [1.165, 1.54) is 0 Å². The molecule has 31 heavy (non-hydrogen) atoms. The van der Waals surface area contributed by atoms with Gasteiger partial charge < -0.3 is 19.5 Å². The molecule has 0 spiro atoms. The summed E-state index contributed by atoms with van der Waals surface area (Å²) in [6.45, 7) is 6.44. The van der Waals surface area contributed by atoms with Crippen molar-refractivity contribution in [1.82, 2.24) is 9.78 Å². The zero-order valence-corrected chi connectivity index (χ0v) is 18.7. The molecule has 1 amide bonds. The summed E-state index contributed by atoms with van der Waals surface area (Å²) in [5.41, 5.74) is 4.60. The average molecular weight is 424 g/mol. The molecule has 1 heterocycles. The molecule has 0 aliphatic carbocycles. The summed E-state index contributed by atoms with van der Waals surface area (Å²) in [7, 11) is 3.22. The van der Waals surface area contributed by atoms with Crippen molar-refractivity contribution in [2.24, 2.45) is 0 Å². The van der Waals surface area contributed by atoms with E-state index in [4.69, 9.17) is 14.2 Å². The third-order valence-electron chi connectivity index (χ3n) is 5.09. The van der Waals surface area contributed by atoms with Crippen LogP contribution in [-0.2, 0) is 11.2 Å². The van der Waals surface area contributed by atoms with Gasteiger partial charge in [-0.3, -0.25) is 4.79 Å². The molecule has 0 saturated heterocycles. The number of amides is 1. The minimum absolute atomic E-state index is 0.0702. The number of rotatable bonds is 9. The molecule has 1 aromatic heterocycles. The molecule has 3 aromatic rings. The first kappa shape index (κ1) is 22.2. The number of benzene rings is 2. The molecular weight excluding hydrogens is 394 g/mol. The Bertz CT molecular complexity index is 1060. The second-order valence-corrected chi connectivity index (χ2v) is 7.11. The topological polar surface area (TPSA) is 74.6 Å². The van der Waals surface area contributed by atoms with Gasteiger partial charge in [0.05, 0.1) is 32.2 Å². The fraction of sp³-hybridized carbons (Fsp3) is 0.333. The van der Waals surface area contributed by atoms with Crippen molar-refractivity contribution in [2.45, 2.75) is 33.6 Å². The van der Waals surface area contributed by atoms with Crippen molar-refractivity contribution < 1.29 is 19.0 Å². The van der Waals surface area contributed by atoms with Crippen LogP contribution in [0.25, 0.3) is 5.69 Å². The van der Waals surface area contributed by atoms with Crippen LogP contribution in [-0.4, -0.2) is 36.5 Å². The average Bonchev–Trinajstić information content (AvgIpc) is 3.06. The molecule has 0 atom stereocenters. The fourth-order valence-electron chi connectivity index (χ4n) is 3.51. The number of aryl methyl sites for hydroxylation is 1. The number of aromatic nitrogens is 2. The monoisotopic (exact) mass is 423 g/mol. The first-order chi connectivity index (χ1) is 15.0. The first-order valence-electron chi connectivity index (χ1n) is 10.3. The Hall–Kier alpha value is -3.48. The smallest absolute Gasteiger partial charge is 0.224 e. The van der Waals surface area contributed by atoms with Gasteiger partial charge in [-0.1, -0.05) is 6.07 Å². The number of hydrogen-bond donors (Lipinski definition) is 1. The van der Waals surface area contributed by atoms with Gasteiger partial charge in [-0.05, 0) is 57.0 Å². The SMILES string of the molecule is CCOc1ccc(NC(=O)CCc2c(C)nn(-c3cccc(OC)c3)c2C)cc1OC. The Labute approximate surface area is 182 Å². The van der Waals surface area contributed by atoms with Crippen LogP contribution < -0.4 is 19.5 Å². The lowest BCUT2D eigenvalue weighted by Gasteiger charge is -2.12. The van der Waals surface area contributed by atoms with Gasteiger partial charge in [0.15, 0.2) is 11.5 Å². The maximum Gasteiger partial charge on any atom is 0.224 e. The number of carbonyl (C=O) groups is 1. The van der Waals surface area contributed by atoms with Crippen LogP contribution >= 0.6 is 0 Å². The maximum atomic E-state index is 12.6. The highest BCUT2D eigenvalue weighted by atomic mass is 16.5. The molecule has 3 rings (SSSR count). The Morgan fingerprint density at radius 1 is 1.06 bits per heavy atom. The van der Waals surface area contributed by atoms with Crippen molar-refractivity contribution in [3.63, 3.8) is 0 Å². The quantitative estimate of drug-likeness (QED) is 0.549. The van der Waals surface area contributed by atoms with Gasteiger partial charge in [-0.25, -0.2) is 4.68 Å². The summed E-state index contributed by atoms with van der Waals surface area (Å²) in [6, 6.07) is 13.1. The largest absolute Gasteiger partial charge is 0.497 e. The number of ether oxygens (including phenoxy) is 3. The fourth-order valence-corrected chi connectivity index (χ4v) is 3.51. The van der Waals surface area contributed by atoms with Gasteiger partial charge >= 0.3 is 0 Å². The van der Waals surface area contributed by atoms with Crippen molar-refractivity contribution in [3.8, 4) is 22.9 Å². The van der Waals surface area contributed by atoms with Gasteiger partial charge in [-0.2, -0.15) is 5.10 Å². The predicted molar refractivity (Wildman–Crippen MR) is 121 cm³/mol. The van der Waals surface area contributed by atoms with Gasteiger partial charge in [-0.15, -0.1) is 0 Å². The Kier molecular flexibility index (Phi) is 7.18. The molecule has 7 nitrogen and oxygen atoms in total.